The van der Waals surface area contributed by atoms with Gasteiger partial charge in [0.25, 0.3) is 0 Å². The average molecular weight is 386 g/mol. The maximum Gasteiger partial charge on any atom is 0.334 e. The fourth-order valence-corrected chi connectivity index (χ4v) is 4.26. The molecule has 0 spiro atoms. The molecule has 0 N–H and O–H groups in total. The minimum absolute atomic E-state index is 0.00912. The van der Waals surface area contributed by atoms with Crippen molar-refractivity contribution in [1.29, 1.82) is 0 Å². The lowest BCUT2D eigenvalue weighted by molar-refractivity contribution is -0.161. The van der Waals surface area contributed by atoms with Gasteiger partial charge in [0.15, 0.2) is 11.9 Å². The number of carbonyl (C=O) groups is 3. The number of cyclic esters (lactones) is 1. The molecular weight excluding hydrogens is 360 g/mol. The molecule has 0 radical (unpaired) electrons. The Hall–Kier alpha value is -2.63. The Morgan fingerprint density at radius 3 is 2.68 bits per heavy atom. The molecule has 6 nitrogen and oxygen atoms in total. The van der Waals surface area contributed by atoms with Gasteiger partial charge in [0.2, 0.25) is 0 Å². The molecule has 1 aromatic heterocycles. The normalized spacial score (nSPS) is 26.9. The van der Waals surface area contributed by atoms with E-state index in [9.17, 15) is 14.4 Å². The van der Waals surface area contributed by atoms with E-state index < -0.39 is 17.5 Å². The summed E-state index contributed by atoms with van der Waals surface area (Å²) in [5.41, 5.74) is 1.88. The molecule has 0 saturated carbocycles. The highest BCUT2D eigenvalue weighted by Gasteiger charge is 2.46. The molecule has 3 atom stereocenters. The molecular formula is C22H26O6. The summed E-state index contributed by atoms with van der Waals surface area (Å²) in [7, 11) is 0. The van der Waals surface area contributed by atoms with Gasteiger partial charge >= 0.3 is 11.9 Å². The third-order valence-corrected chi connectivity index (χ3v) is 5.74. The van der Waals surface area contributed by atoms with Crippen LogP contribution < -0.4 is 0 Å². The van der Waals surface area contributed by atoms with Gasteiger partial charge in [-0.05, 0) is 37.8 Å². The molecule has 6 heteroatoms. The fraction of sp³-hybridized carbons (Fsp3) is 0.500. The van der Waals surface area contributed by atoms with Gasteiger partial charge in [-0.3, -0.25) is 9.59 Å². The Morgan fingerprint density at radius 2 is 2.07 bits per heavy atom. The molecule has 28 heavy (non-hydrogen) atoms. The molecule has 2 heterocycles. The molecule has 0 unspecified atom stereocenters. The molecule has 1 aliphatic carbocycles. The number of ketones is 1. The summed E-state index contributed by atoms with van der Waals surface area (Å²) in [4.78, 5) is 36.2. The number of allylic oxidation sites excluding steroid dienone is 1. The molecule has 150 valence electrons. The van der Waals surface area contributed by atoms with E-state index in [1.807, 2.05) is 26.8 Å². The van der Waals surface area contributed by atoms with Crippen molar-refractivity contribution in [2.75, 3.05) is 0 Å². The van der Waals surface area contributed by atoms with E-state index in [0.29, 0.717) is 24.8 Å². The van der Waals surface area contributed by atoms with Crippen LogP contribution in [0.2, 0.25) is 0 Å². The van der Waals surface area contributed by atoms with Crippen molar-refractivity contribution >= 4 is 17.7 Å². The van der Waals surface area contributed by atoms with Crippen molar-refractivity contribution in [3.05, 3.63) is 47.5 Å². The van der Waals surface area contributed by atoms with E-state index in [0.717, 1.165) is 11.1 Å². The van der Waals surface area contributed by atoms with Crippen LogP contribution in [0.15, 0.2) is 46.3 Å². The maximum atomic E-state index is 12.4. The molecule has 1 aromatic rings. The van der Waals surface area contributed by atoms with E-state index in [2.05, 4.69) is 0 Å². The van der Waals surface area contributed by atoms with Gasteiger partial charge in [0.05, 0.1) is 12.5 Å². The Balaban J connectivity index is 1.71. The molecule has 0 bridgehead atoms. The van der Waals surface area contributed by atoms with Gasteiger partial charge in [0, 0.05) is 29.9 Å². The lowest BCUT2D eigenvalue weighted by Crippen LogP contribution is -2.47. The van der Waals surface area contributed by atoms with Crippen molar-refractivity contribution in [1.82, 2.24) is 0 Å². The summed E-state index contributed by atoms with van der Waals surface area (Å²) in [5, 5.41) is 0. The predicted octanol–water partition coefficient (Wildman–Crippen LogP) is 4.08. The number of ether oxygens (including phenoxy) is 2. The zero-order valence-corrected chi connectivity index (χ0v) is 16.7. The lowest BCUT2D eigenvalue weighted by Gasteiger charge is -2.43. The fourth-order valence-electron chi connectivity index (χ4n) is 4.26. The minimum Gasteiger partial charge on any atom is -0.472 e. The van der Waals surface area contributed by atoms with Crippen molar-refractivity contribution in [2.24, 2.45) is 11.3 Å². The Bertz CT molecular complexity index is 827. The van der Waals surface area contributed by atoms with E-state index in [1.165, 1.54) is 6.92 Å². The summed E-state index contributed by atoms with van der Waals surface area (Å²) >= 11 is 0. The number of esters is 2. The Labute approximate surface area is 164 Å². The zero-order valence-electron chi connectivity index (χ0n) is 16.7. The third-order valence-electron chi connectivity index (χ3n) is 5.74. The highest BCUT2D eigenvalue weighted by Crippen LogP contribution is 2.44. The van der Waals surface area contributed by atoms with Gasteiger partial charge in [-0.1, -0.05) is 25.5 Å². The highest BCUT2D eigenvalue weighted by molar-refractivity contribution is 5.97. The first-order valence-electron chi connectivity index (χ1n) is 9.51. The van der Waals surface area contributed by atoms with E-state index in [-0.39, 0.29) is 23.8 Å². The van der Waals surface area contributed by atoms with Crippen LogP contribution in [-0.4, -0.2) is 23.8 Å². The molecule has 3 rings (SSSR count). The number of furan rings is 1. The van der Waals surface area contributed by atoms with E-state index >= 15 is 0 Å². The number of hydrogen-bond donors (Lipinski definition) is 0. The van der Waals surface area contributed by atoms with Gasteiger partial charge in [-0.2, -0.15) is 0 Å². The van der Waals surface area contributed by atoms with Crippen molar-refractivity contribution < 1.29 is 28.3 Å². The second-order valence-corrected chi connectivity index (χ2v) is 8.11. The zero-order chi connectivity index (χ0) is 20.5. The van der Waals surface area contributed by atoms with Crippen LogP contribution in [0.4, 0.5) is 0 Å². The largest absolute Gasteiger partial charge is 0.472 e. The van der Waals surface area contributed by atoms with Crippen LogP contribution in [0.1, 0.15) is 58.6 Å². The van der Waals surface area contributed by atoms with Crippen LogP contribution in [0.25, 0.3) is 0 Å². The Morgan fingerprint density at radius 1 is 1.32 bits per heavy atom. The average Bonchev–Trinajstić information content (AvgIpc) is 3.14. The van der Waals surface area contributed by atoms with Crippen molar-refractivity contribution in [3.63, 3.8) is 0 Å². The standard InChI is InChI=1S/C22H26O6/c1-13-11-18(24)20(27-14(2)23)22(3,4)17(13)7-5-15-6-8-19(28-21(15)25)16-9-10-26-12-16/h6,9-12,17,19-20H,5,7-8H2,1-4H3/t17-,19-,20+/m1/s1. The number of hydrogen-bond acceptors (Lipinski definition) is 6. The van der Waals surface area contributed by atoms with Crippen LogP contribution in [-0.2, 0) is 23.9 Å². The molecule has 2 aliphatic rings. The first-order chi connectivity index (χ1) is 13.2. The predicted molar refractivity (Wildman–Crippen MR) is 101 cm³/mol. The summed E-state index contributed by atoms with van der Waals surface area (Å²) in [5.74, 6) is -0.967. The molecule has 0 aromatic carbocycles. The summed E-state index contributed by atoms with van der Waals surface area (Å²) in [6.45, 7) is 7.09. The second kappa shape index (κ2) is 7.78. The second-order valence-electron chi connectivity index (χ2n) is 8.11. The highest BCUT2D eigenvalue weighted by atomic mass is 16.6. The summed E-state index contributed by atoms with van der Waals surface area (Å²) in [6.07, 6.45) is 7.32. The van der Waals surface area contributed by atoms with Crippen molar-refractivity contribution in [3.8, 4) is 0 Å². The summed E-state index contributed by atoms with van der Waals surface area (Å²) in [6, 6.07) is 1.79. The summed E-state index contributed by atoms with van der Waals surface area (Å²) < 4.78 is 15.9. The van der Waals surface area contributed by atoms with Crippen LogP contribution in [0.5, 0.6) is 0 Å². The quantitative estimate of drug-likeness (QED) is 0.709. The molecule has 0 saturated heterocycles. The topological polar surface area (TPSA) is 82.8 Å². The van der Waals surface area contributed by atoms with Gasteiger partial charge in [-0.15, -0.1) is 0 Å². The van der Waals surface area contributed by atoms with E-state index in [4.69, 9.17) is 13.9 Å². The van der Waals surface area contributed by atoms with Crippen molar-refractivity contribution in [2.45, 2.75) is 59.2 Å². The number of carbonyl (C=O) groups excluding carboxylic acids is 3. The Kier molecular flexibility index (Phi) is 5.59. The van der Waals surface area contributed by atoms with E-state index in [1.54, 1.807) is 24.7 Å². The van der Waals surface area contributed by atoms with Crippen LogP contribution >= 0.6 is 0 Å². The number of rotatable bonds is 5. The molecule has 1 aliphatic heterocycles. The SMILES string of the molecule is CC(=O)O[C@H]1C(=O)C=C(C)[C@@H](CCC2=CC[C@H](c3ccoc3)OC2=O)C1(C)C. The maximum absolute atomic E-state index is 12.4. The van der Waals surface area contributed by atoms with Gasteiger partial charge in [0.1, 0.15) is 6.10 Å². The first-order valence-corrected chi connectivity index (χ1v) is 9.51. The first kappa shape index (κ1) is 20.1. The molecule has 0 fully saturated rings. The molecule has 0 amide bonds. The monoisotopic (exact) mass is 386 g/mol. The lowest BCUT2D eigenvalue weighted by atomic mass is 9.64. The third kappa shape index (κ3) is 3.96. The smallest absolute Gasteiger partial charge is 0.334 e. The van der Waals surface area contributed by atoms with Gasteiger partial charge < -0.3 is 13.9 Å². The van der Waals surface area contributed by atoms with Crippen LogP contribution in [0, 0.1) is 11.3 Å². The minimum atomic E-state index is -0.809. The van der Waals surface area contributed by atoms with Crippen LogP contribution in [0.3, 0.4) is 0 Å². The van der Waals surface area contributed by atoms with Gasteiger partial charge in [-0.25, -0.2) is 4.79 Å².